The van der Waals surface area contributed by atoms with Gasteiger partial charge in [-0.3, -0.25) is 0 Å². The van der Waals surface area contributed by atoms with E-state index in [4.69, 9.17) is 0 Å². The third-order valence-electron chi connectivity index (χ3n) is 4.21. The summed E-state index contributed by atoms with van der Waals surface area (Å²) in [5.41, 5.74) is 4.66. The minimum Gasteiger partial charge on any atom is -0.248 e. The average molecular weight is 321 g/mol. The van der Waals surface area contributed by atoms with Crippen LogP contribution in [0.15, 0.2) is 41.4 Å². The Morgan fingerprint density at radius 1 is 1.04 bits per heavy atom. The molecule has 118 valence electrons. The second kappa shape index (κ2) is 5.73. The number of pyridine rings is 1. The molecule has 1 nitrogen and oxygen atoms in total. The lowest BCUT2D eigenvalue weighted by molar-refractivity contribution is 0.408. The molecule has 0 bridgehead atoms. The second-order valence-electron chi connectivity index (χ2n) is 7.60. The number of benzene rings is 1. The van der Waals surface area contributed by atoms with Gasteiger partial charge >= 0.3 is 0 Å². The zero-order chi connectivity index (χ0) is 16.7. The number of hydrogen-bond acceptors (Lipinski definition) is 2. The van der Waals surface area contributed by atoms with Crippen LogP contribution in [0.5, 0.6) is 0 Å². The first-order valence-corrected chi connectivity index (χ1v) is 8.85. The first-order chi connectivity index (χ1) is 10.8. The highest BCUT2D eigenvalue weighted by molar-refractivity contribution is 8.00. The van der Waals surface area contributed by atoms with Crippen molar-refractivity contribution >= 4 is 11.8 Å². The van der Waals surface area contributed by atoms with Gasteiger partial charge in [-0.15, -0.1) is 11.8 Å². The summed E-state index contributed by atoms with van der Waals surface area (Å²) in [6.45, 7) is 11.4. The molecule has 0 fully saturated rings. The van der Waals surface area contributed by atoms with Crippen LogP contribution in [0.1, 0.15) is 56.5 Å². The molecule has 0 saturated heterocycles. The molecule has 1 aliphatic heterocycles. The van der Waals surface area contributed by atoms with Crippen LogP contribution in [-0.4, -0.2) is 9.73 Å². The van der Waals surface area contributed by atoms with E-state index in [0.29, 0.717) is 0 Å². The Kier molecular flexibility index (Phi) is 4.02. The van der Waals surface area contributed by atoms with Crippen molar-refractivity contribution in [1.29, 1.82) is 0 Å². The van der Waals surface area contributed by atoms with Crippen molar-refractivity contribution in [2.75, 3.05) is 0 Å². The van der Waals surface area contributed by atoms with Crippen LogP contribution < -0.4 is 0 Å². The summed E-state index contributed by atoms with van der Waals surface area (Å²) in [5, 5.41) is 0. The van der Waals surface area contributed by atoms with Crippen LogP contribution in [0.25, 0.3) is 0 Å². The van der Waals surface area contributed by atoms with Crippen molar-refractivity contribution in [3.05, 3.63) is 58.9 Å². The minimum absolute atomic E-state index is 0.184. The lowest BCUT2D eigenvalue weighted by atomic mass is 9.76. The van der Waals surface area contributed by atoms with Gasteiger partial charge in [-0.2, -0.15) is 0 Å². The summed E-state index contributed by atoms with van der Waals surface area (Å²) in [5.74, 6) is 6.44. The van der Waals surface area contributed by atoms with Crippen molar-refractivity contribution < 1.29 is 0 Å². The Labute approximate surface area is 143 Å². The largest absolute Gasteiger partial charge is 0.248 e. The van der Waals surface area contributed by atoms with E-state index < -0.39 is 0 Å². The highest BCUT2D eigenvalue weighted by Crippen LogP contribution is 2.50. The quantitative estimate of drug-likeness (QED) is 0.607. The van der Waals surface area contributed by atoms with Gasteiger partial charge in [0.2, 0.25) is 0 Å². The summed E-state index contributed by atoms with van der Waals surface area (Å²) < 4.78 is 0.287. The van der Waals surface area contributed by atoms with Gasteiger partial charge in [0.05, 0.1) is 0 Å². The topological polar surface area (TPSA) is 12.9 Å². The molecule has 0 unspecified atom stereocenters. The van der Waals surface area contributed by atoms with Gasteiger partial charge in [0.15, 0.2) is 0 Å². The van der Waals surface area contributed by atoms with E-state index in [1.54, 1.807) is 0 Å². The molecular weight excluding hydrogens is 298 g/mol. The molecule has 1 aromatic carbocycles. The minimum atomic E-state index is 0.184. The summed E-state index contributed by atoms with van der Waals surface area (Å²) in [6, 6.07) is 10.6. The fraction of sp³-hybridized carbons (Fsp3) is 0.381. The number of fused-ring (bicyclic) bond motifs is 1. The van der Waals surface area contributed by atoms with E-state index in [1.165, 1.54) is 16.9 Å². The standard InChI is InChI=1S/C21H23NS/c1-15-6-9-17(22-13-15)10-7-16-8-11-19-18(12-16)20(2,3)14-21(4,5)23-19/h6,8-9,11-13H,14H2,1-5H3. The summed E-state index contributed by atoms with van der Waals surface area (Å²) >= 11 is 1.98. The first-order valence-electron chi connectivity index (χ1n) is 8.03. The van der Waals surface area contributed by atoms with Gasteiger partial charge in [-0.1, -0.05) is 39.7 Å². The Morgan fingerprint density at radius 3 is 2.52 bits per heavy atom. The van der Waals surface area contributed by atoms with E-state index in [0.717, 1.165) is 16.8 Å². The number of nitrogens with zero attached hydrogens (tertiary/aromatic N) is 1. The van der Waals surface area contributed by atoms with Gasteiger partial charge in [-0.05, 0) is 60.1 Å². The molecule has 0 saturated carbocycles. The molecule has 23 heavy (non-hydrogen) atoms. The normalized spacial score (nSPS) is 17.8. The van der Waals surface area contributed by atoms with Crippen molar-refractivity contribution in [3.63, 3.8) is 0 Å². The van der Waals surface area contributed by atoms with Crippen LogP contribution in [0.4, 0.5) is 0 Å². The van der Waals surface area contributed by atoms with E-state index in [9.17, 15) is 0 Å². The van der Waals surface area contributed by atoms with Crippen LogP contribution in [-0.2, 0) is 5.41 Å². The molecule has 2 aromatic rings. The van der Waals surface area contributed by atoms with Crippen LogP contribution in [0, 0.1) is 18.8 Å². The molecule has 0 atom stereocenters. The molecule has 0 aliphatic carbocycles. The van der Waals surface area contributed by atoms with Gasteiger partial charge in [0, 0.05) is 21.4 Å². The Morgan fingerprint density at radius 2 is 1.83 bits per heavy atom. The molecule has 3 rings (SSSR count). The Balaban J connectivity index is 1.94. The fourth-order valence-electron chi connectivity index (χ4n) is 3.40. The molecule has 0 spiro atoms. The zero-order valence-electron chi connectivity index (χ0n) is 14.5. The Bertz CT molecular complexity index is 789. The van der Waals surface area contributed by atoms with Gasteiger partial charge in [-0.25, -0.2) is 4.98 Å². The van der Waals surface area contributed by atoms with Crippen molar-refractivity contribution in [2.24, 2.45) is 0 Å². The third-order valence-corrected chi connectivity index (χ3v) is 5.48. The summed E-state index contributed by atoms with van der Waals surface area (Å²) in [6.07, 6.45) is 3.03. The lowest BCUT2D eigenvalue weighted by Gasteiger charge is -2.41. The average Bonchev–Trinajstić information content (AvgIpc) is 2.45. The maximum Gasteiger partial charge on any atom is 0.113 e. The van der Waals surface area contributed by atoms with E-state index >= 15 is 0 Å². The van der Waals surface area contributed by atoms with E-state index in [1.807, 2.05) is 37.0 Å². The monoisotopic (exact) mass is 321 g/mol. The van der Waals surface area contributed by atoms with Gasteiger partial charge < -0.3 is 0 Å². The van der Waals surface area contributed by atoms with E-state index in [2.05, 4.69) is 62.7 Å². The molecule has 0 radical (unpaired) electrons. The van der Waals surface area contributed by atoms with Crippen molar-refractivity contribution in [2.45, 2.75) is 56.1 Å². The molecule has 0 amide bonds. The number of thioether (sulfide) groups is 1. The third kappa shape index (κ3) is 3.62. The van der Waals surface area contributed by atoms with Crippen molar-refractivity contribution in [3.8, 4) is 11.8 Å². The number of rotatable bonds is 0. The second-order valence-corrected chi connectivity index (χ2v) is 9.35. The van der Waals surface area contributed by atoms with Crippen LogP contribution in [0.3, 0.4) is 0 Å². The maximum atomic E-state index is 4.35. The number of hydrogen-bond donors (Lipinski definition) is 0. The number of aromatic nitrogens is 1. The lowest BCUT2D eigenvalue weighted by Crippen LogP contribution is -2.33. The first kappa shape index (κ1) is 16.1. The van der Waals surface area contributed by atoms with Crippen molar-refractivity contribution in [1.82, 2.24) is 4.98 Å². The SMILES string of the molecule is Cc1ccc(C#Cc2ccc3c(c2)C(C)(C)CC(C)(C)S3)nc1. The number of aryl methyl sites for hydroxylation is 1. The fourth-order valence-corrected chi connectivity index (χ4v) is 5.01. The predicted molar refractivity (Wildman–Crippen MR) is 99.0 cm³/mol. The molecule has 1 aliphatic rings. The van der Waals surface area contributed by atoms with Crippen LogP contribution in [0.2, 0.25) is 0 Å². The molecule has 2 heterocycles. The van der Waals surface area contributed by atoms with E-state index in [-0.39, 0.29) is 10.2 Å². The highest BCUT2D eigenvalue weighted by Gasteiger charge is 2.37. The smallest absolute Gasteiger partial charge is 0.113 e. The van der Waals surface area contributed by atoms with Gasteiger partial charge in [0.25, 0.3) is 0 Å². The molecule has 1 aromatic heterocycles. The Hall–Kier alpha value is -1.72. The maximum absolute atomic E-state index is 4.35. The summed E-state index contributed by atoms with van der Waals surface area (Å²) in [4.78, 5) is 5.74. The zero-order valence-corrected chi connectivity index (χ0v) is 15.3. The van der Waals surface area contributed by atoms with Crippen LogP contribution >= 0.6 is 11.8 Å². The molecule has 2 heteroatoms. The summed E-state index contributed by atoms with van der Waals surface area (Å²) in [7, 11) is 0. The molecule has 0 N–H and O–H groups in total. The van der Waals surface area contributed by atoms with Gasteiger partial charge in [0.1, 0.15) is 5.69 Å². The molecular formula is C21H23NS. The predicted octanol–water partition coefficient (Wildman–Crippen LogP) is 5.34. The highest BCUT2D eigenvalue weighted by atomic mass is 32.2.